The molecule has 4 heteroatoms. The number of ether oxygens (including phenoxy) is 1. The number of benzene rings is 1. The number of pyridine rings is 1. The van der Waals surface area contributed by atoms with E-state index in [0.29, 0.717) is 17.9 Å². The molecule has 20 heavy (non-hydrogen) atoms. The molecule has 0 aliphatic carbocycles. The second-order valence-corrected chi connectivity index (χ2v) is 4.75. The Bertz CT molecular complexity index is 568. The number of nitrogens with one attached hydrogen (secondary N) is 1. The molecule has 0 aliphatic heterocycles. The average molecular weight is 270 g/mol. The van der Waals surface area contributed by atoms with Gasteiger partial charge in [-0.3, -0.25) is 9.78 Å². The van der Waals surface area contributed by atoms with Gasteiger partial charge in [0.2, 0.25) is 5.91 Å². The van der Waals surface area contributed by atoms with Gasteiger partial charge in [-0.1, -0.05) is 18.2 Å². The van der Waals surface area contributed by atoms with E-state index in [-0.39, 0.29) is 12.0 Å². The molecule has 4 nitrogen and oxygen atoms in total. The molecular weight excluding hydrogens is 252 g/mol. The third-order valence-electron chi connectivity index (χ3n) is 2.61. The van der Waals surface area contributed by atoms with Crippen molar-refractivity contribution in [3.05, 3.63) is 54.4 Å². The average Bonchev–Trinajstić information content (AvgIpc) is 2.41. The Morgan fingerprint density at radius 2 is 2.05 bits per heavy atom. The van der Waals surface area contributed by atoms with E-state index in [4.69, 9.17) is 4.74 Å². The van der Waals surface area contributed by atoms with Crippen LogP contribution in [0.15, 0.2) is 48.8 Å². The normalized spacial score (nSPS) is 10.3. The fourth-order valence-corrected chi connectivity index (χ4v) is 1.81. The molecule has 104 valence electrons. The lowest BCUT2D eigenvalue weighted by Crippen LogP contribution is -2.16. The summed E-state index contributed by atoms with van der Waals surface area (Å²) in [6.07, 6.45) is 3.74. The molecule has 1 heterocycles. The third kappa shape index (κ3) is 4.09. The highest BCUT2D eigenvalue weighted by molar-refractivity contribution is 5.93. The van der Waals surface area contributed by atoms with Gasteiger partial charge in [0.1, 0.15) is 5.75 Å². The molecule has 0 saturated heterocycles. The van der Waals surface area contributed by atoms with Crippen LogP contribution in [0, 0.1) is 0 Å². The molecular formula is C16H18N2O2. The van der Waals surface area contributed by atoms with E-state index in [9.17, 15) is 4.79 Å². The van der Waals surface area contributed by atoms with Crippen molar-refractivity contribution in [3.8, 4) is 5.75 Å². The molecule has 2 aromatic rings. The van der Waals surface area contributed by atoms with Gasteiger partial charge in [-0.15, -0.1) is 0 Å². The van der Waals surface area contributed by atoms with Gasteiger partial charge in [-0.2, -0.15) is 0 Å². The van der Waals surface area contributed by atoms with Gasteiger partial charge < -0.3 is 10.1 Å². The first-order valence-corrected chi connectivity index (χ1v) is 6.59. The fourth-order valence-electron chi connectivity index (χ4n) is 1.81. The van der Waals surface area contributed by atoms with Crippen LogP contribution in [0.5, 0.6) is 5.75 Å². The second-order valence-electron chi connectivity index (χ2n) is 4.75. The largest absolute Gasteiger partial charge is 0.489 e. The summed E-state index contributed by atoms with van der Waals surface area (Å²) in [6.45, 7) is 3.91. The standard InChI is InChI=1S/C16H18N2O2/c1-12(2)20-15-8-4-3-7-14(15)18-16(19)10-13-6-5-9-17-11-13/h3-9,11-12H,10H2,1-2H3,(H,18,19). The molecule has 0 aliphatic rings. The number of hydrogen-bond acceptors (Lipinski definition) is 3. The highest BCUT2D eigenvalue weighted by Crippen LogP contribution is 2.24. The summed E-state index contributed by atoms with van der Waals surface area (Å²) in [5.41, 5.74) is 1.57. The first kappa shape index (κ1) is 14.1. The number of anilines is 1. The van der Waals surface area contributed by atoms with Crippen LogP contribution in [-0.2, 0) is 11.2 Å². The number of amides is 1. The van der Waals surface area contributed by atoms with Crippen LogP contribution in [0.25, 0.3) is 0 Å². The number of para-hydroxylation sites is 2. The molecule has 1 aromatic carbocycles. The maximum atomic E-state index is 12.0. The van der Waals surface area contributed by atoms with Crippen molar-refractivity contribution >= 4 is 11.6 Å². The molecule has 0 bridgehead atoms. The number of rotatable bonds is 5. The Morgan fingerprint density at radius 3 is 2.75 bits per heavy atom. The van der Waals surface area contributed by atoms with Gasteiger partial charge in [-0.25, -0.2) is 0 Å². The van der Waals surface area contributed by atoms with Gasteiger partial charge >= 0.3 is 0 Å². The quantitative estimate of drug-likeness (QED) is 0.908. The predicted octanol–water partition coefficient (Wildman–Crippen LogP) is 3.05. The third-order valence-corrected chi connectivity index (χ3v) is 2.61. The zero-order chi connectivity index (χ0) is 14.4. The van der Waals surface area contributed by atoms with Crippen LogP contribution in [0.4, 0.5) is 5.69 Å². The molecule has 2 rings (SSSR count). The van der Waals surface area contributed by atoms with Gasteiger partial charge in [0.25, 0.3) is 0 Å². The summed E-state index contributed by atoms with van der Waals surface area (Å²) in [5.74, 6) is 0.597. The van der Waals surface area contributed by atoms with Crippen molar-refractivity contribution in [1.29, 1.82) is 0 Å². The Labute approximate surface area is 118 Å². The molecule has 0 fully saturated rings. The van der Waals surface area contributed by atoms with Crippen molar-refractivity contribution in [3.63, 3.8) is 0 Å². The highest BCUT2D eigenvalue weighted by atomic mass is 16.5. The smallest absolute Gasteiger partial charge is 0.228 e. The summed E-state index contributed by atoms with van der Waals surface area (Å²) < 4.78 is 5.67. The van der Waals surface area contributed by atoms with Gasteiger partial charge in [0.15, 0.2) is 0 Å². The number of nitrogens with zero attached hydrogens (tertiary/aromatic N) is 1. The van der Waals surface area contributed by atoms with Gasteiger partial charge in [0, 0.05) is 12.4 Å². The topological polar surface area (TPSA) is 51.2 Å². The van der Waals surface area contributed by atoms with E-state index < -0.39 is 0 Å². The molecule has 0 unspecified atom stereocenters. The first-order valence-electron chi connectivity index (χ1n) is 6.59. The van der Waals surface area contributed by atoms with Crippen LogP contribution in [0.2, 0.25) is 0 Å². The minimum Gasteiger partial charge on any atom is -0.489 e. The summed E-state index contributed by atoms with van der Waals surface area (Å²) in [4.78, 5) is 16.0. The Balaban J connectivity index is 2.04. The summed E-state index contributed by atoms with van der Waals surface area (Å²) in [7, 11) is 0. The lowest BCUT2D eigenvalue weighted by atomic mass is 10.2. The zero-order valence-corrected chi connectivity index (χ0v) is 11.7. The maximum Gasteiger partial charge on any atom is 0.228 e. The summed E-state index contributed by atoms with van der Waals surface area (Å²) in [6, 6.07) is 11.1. The van der Waals surface area contributed by atoms with Crippen LogP contribution in [-0.4, -0.2) is 17.0 Å². The number of carbonyl (C=O) groups excluding carboxylic acids is 1. The molecule has 0 radical (unpaired) electrons. The van der Waals surface area contributed by atoms with Crippen molar-refractivity contribution in [2.75, 3.05) is 5.32 Å². The molecule has 0 spiro atoms. The lowest BCUT2D eigenvalue weighted by Gasteiger charge is -2.14. The molecule has 0 atom stereocenters. The molecule has 1 N–H and O–H groups in total. The number of carbonyl (C=O) groups is 1. The van der Waals surface area contributed by atoms with Crippen molar-refractivity contribution in [1.82, 2.24) is 4.98 Å². The van der Waals surface area contributed by atoms with Crippen LogP contribution < -0.4 is 10.1 Å². The summed E-state index contributed by atoms with van der Waals surface area (Å²) >= 11 is 0. The van der Waals surface area contributed by atoms with E-state index in [2.05, 4.69) is 10.3 Å². The van der Waals surface area contributed by atoms with E-state index in [1.165, 1.54) is 0 Å². The summed E-state index contributed by atoms with van der Waals surface area (Å²) in [5, 5.41) is 2.87. The SMILES string of the molecule is CC(C)Oc1ccccc1NC(=O)Cc1cccnc1. The number of hydrogen-bond donors (Lipinski definition) is 1. The Morgan fingerprint density at radius 1 is 1.25 bits per heavy atom. The van der Waals surface area contributed by atoms with Gasteiger partial charge in [0.05, 0.1) is 18.2 Å². The van der Waals surface area contributed by atoms with Crippen molar-refractivity contribution in [2.24, 2.45) is 0 Å². The van der Waals surface area contributed by atoms with Crippen LogP contribution >= 0.6 is 0 Å². The van der Waals surface area contributed by atoms with Crippen molar-refractivity contribution in [2.45, 2.75) is 26.4 Å². The van der Waals surface area contributed by atoms with Crippen molar-refractivity contribution < 1.29 is 9.53 Å². The minimum absolute atomic E-state index is 0.0615. The second kappa shape index (κ2) is 6.70. The van der Waals surface area contributed by atoms with E-state index in [0.717, 1.165) is 5.56 Å². The monoisotopic (exact) mass is 270 g/mol. The van der Waals surface area contributed by atoms with Crippen LogP contribution in [0.1, 0.15) is 19.4 Å². The van der Waals surface area contributed by atoms with Crippen LogP contribution in [0.3, 0.4) is 0 Å². The Kier molecular flexibility index (Phi) is 4.71. The molecule has 0 saturated carbocycles. The Hall–Kier alpha value is -2.36. The minimum atomic E-state index is -0.0854. The number of aromatic nitrogens is 1. The van der Waals surface area contributed by atoms with E-state index in [1.54, 1.807) is 12.4 Å². The molecule has 1 aromatic heterocycles. The van der Waals surface area contributed by atoms with E-state index >= 15 is 0 Å². The predicted molar refractivity (Wildman–Crippen MR) is 78.8 cm³/mol. The fraction of sp³-hybridized carbons (Fsp3) is 0.250. The highest BCUT2D eigenvalue weighted by Gasteiger charge is 2.09. The van der Waals surface area contributed by atoms with Gasteiger partial charge in [-0.05, 0) is 37.6 Å². The van der Waals surface area contributed by atoms with E-state index in [1.807, 2.05) is 50.2 Å². The molecule has 1 amide bonds. The lowest BCUT2D eigenvalue weighted by molar-refractivity contribution is -0.115. The first-order chi connectivity index (χ1) is 9.65. The zero-order valence-electron chi connectivity index (χ0n) is 11.7. The maximum absolute atomic E-state index is 12.0.